The van der Waals surface area contributed by atoms with Gasteiger partial charge in [0.1, 0.15) is 11.6 Å². The van der Waals surface area contributed by atoms with E-state index in [2.05, 4.69) is 9.97 Å². The molecule has 0 aliphatic heterocycles. The number of aromatic amines is 1. The highest BCUT2D eigenvalue weighted by Crippen LogP contribution is 2.21. The molecule has 0 unspecified atom stereocenters. The second kappa shape index (κ2) is 8.50. The smallest absolute Gasteiger partial charge is 0.253 e. The number of benzene rings is 2. The molecule has 0 aliphatic rings. The van der Waals surface area contributed by atoms with Crippen LogP contribution in [0.1, 0.15) is 5.56 Å². The molecule has 0 saturated heterocycles. The van der Waals surface area contributed by atoms with Gasteiger partial charge in [-0.1, -0.05) is 42.1 Å². The number of thioether (sulfide) groups is 1. The van der Waals surface area contributed by atoms with Crippen LogP contribution < -0.4 is 16.2 Å². The molecule has 138 valence electrons. The topological polar surface area (TPSA) is 92.1 Å². The standard InChI is InChI=1S/C19H17FN4O2S/c20-14-6-8-15(9-7-14)24(11-13-4-2-1-3-5-13)18(26)12-27-19-22-16(21)10-17(25)23-19/h1-10H,11-12H2,(H3,21,22,23,25). The molecule has 1 heterocycles. The first kappa shape index (κ1) is 18.7. The van der Waals surface area contributed by atoms with Gasteiger partial charge in [-0.2, -0.15) is 0 Å². The molecule has 0 bridgehead atoms. The fourth-order valence-corrected chi connectivity index (χ4v) is 3.20. The summed E-state index contributed by atoms with van der Waals surface area (Å²) in [5.41, 5.74) is 6.70. The van der Waals surface area contributed by atoms with Gasteiger partial charge >= 0.3 is 0 Å². The number of hydrogen-bond donors (Lipinski definition) is 2. The van der Waals surface area contributed by atoms with E-state index < -0.39 is 0 Å². The molecule has 3 aromatic rings. The fourth-order valence-electron chi connectivity index (χ4n) is 2.44. The molecule has 0 fully saturated rings. The summed E-state index contributed by atoms with van der Waals surface area (Å²) >= 11 is 1.08. The van der Waals surface area contributed by atoms with Crippen LogP contribution in [-0.2, 0) is 11.3 Å². The van der Waals surface area contributed by atoms with Crippen LogP contribution in [0, 0.1) is 5.82 Å². The summed E-state index contributed by atoms with van der Waals surface area (Å²) in [6.07, 6.45) is 0. The van der Waals surface area contributed by atoms with Crippen molar-refractivity contribution >= 4 is 29.2 Å². The Bertz CT molecular complexity index is 977. The number of aromatic nitrogens is 2. The van der Waals surface area contributed by atoms with Gasteiger partial charge in [0.05, 0.1) is 12.3 Å². The quantitative estimate of drug-likeness (QED) is 0.504. The largest absolute Gasteiger partial charge is 0.383 e. The van der Waals surface area contributed by atoms with E-state index in [0.717, 1.165) is 17.3 Å². The number of carbonyl (C=O) groups excluding carboxylic acids is 1. The third-order valence-electron chi connectivity index (χ3n) is 3.69. The van der Waals surface area contributed by atoms with Crippen LogP contribution in [0.15, 0.2) is 70.6 Å². The van der Waals surface area contributed by atoms with Crippen LogP contribution in [0.25, 0.3) is 0 Å². The molecule has 0 spiro atoms. The van der Waals surface area contributed by atoms with Crippen molar-refractivity contribution in [3.8, 4) is 0 Å². The van der Waals surface area contributed by atoms with Crippen molar-refractivity contribution in [2.45, 2.75) is 11.7 Å². The van der Waals surface area contributed by atoms with Crippen molar-refractivity contribution in [2.75, 3.05) is 16.4 Å². The van der Waals surface area contributed by atoms with Crippen LogP contribution in [0.3, 0.4) is 0 Å². The maximum atomic E-state index is 13.3. The second-order valence-corrected chi connectivity index (χ2v) is 6.67. The van der Waals surface area contributed by atoms with Gasteiger partial charge in [-0.25, -0.2) is 9.37 Å². The minimum absolute atomic E-state index is 0.0383. The zero-order chi connectivity index (χ0) is 19.2. The SMILES string of the molecule is Nc1cc(=O)[nH]c(SCC(=O)N(Cc2ccccc2)c2ccc(F)cc2)n1. The molecule has 3 N–H and O–H groups in total. The molecule has 0 aliphatic carbocycles. The number of hydrogen-bond acceptors (Lipinski definition) is 5. The van der Waals surface area contributed by atoms with Crippen LogP contribution >= 0.6 is 11.8 Å². The zero-order valence-corrected chi connectivity index (χ0v) is 15.1. The maximum Gasteiger partial charge on any atom is 0.253 e. The van der Waals surface area contributed by atoms with Gasteiger partial charge in [0, 0.05) is 11.8 Å². The Balaban J connectivity index is 1.79. The van der Waals surface area contributed by atoms with Gasteiger partial charge in [-0.05, 0) is 29.8 Å². The Morgan fingerprint density at radius 3 is 2.52 bits per heavy atom. The van der Waals surface area contributed by atoms with Crippen molar-refractivity contribution in [2.24, 2.45) is 0 Å². The lowest BCUT2D eigenvalue weighted by molar-refractivity contribution is -0.116. The number of nitrogen functional groups attached to an aromatic ring is 1. The normalized spacial score (nSPS) is 10.6. The predicted molar refractivity (Wildman–Crippen MR) is 104 cm³/mol. The molecule has 8 heteroatoms. The summed E-state index contributed by atoms with van der Waals surface area (Å²) in [5.74, 6) is -0.452. The summed E-state index contributed by atoms with van der Waals surface area (Å²) < 4.78 is 13.3. The van der Waals surface area contributed by atoms with Crippen molar-refractivity contribution in [3.63, 3.8) is 0 Å². The fraction of sp³-hybridized carbons (Fsp3) is 0.105. The van der Waals surface area contributed by atoms with E-state index in [0.29, 0.717) is 12.2 Å². The summed E-state index contributed by atoms with van der Waals surface area (Å²) in [6, 6.07) is 16.4. The van der Waals surface area contributed by atoms with E-state index in [9.17, 15) is 14.0 Å². The highest BCUT2D eigenvalue weighted by molar-refractivity contribution is 7.99. The number of H-pyrrole nitrogens is 1. The lowest BCUT2D eigenvalue weighted by atomic mass is 10.2. The van der Waals surface area contributed by atoms with Crippen molar-refractivity contribution in [1.29, 1.82) is 0 Å². The van der Waals surface area contributed by atoms with Crippen molar-refractivity contribution < 1.29 is 9.18 Å². The Kier molecular flexibility index (Phi) is 5.87. The van der Waals surface area contributed by atoms with E-state index >= 15 is 0 Å². The van der Waals surface area contributed by atoms with Crippen LogP contribution in [0.5, 0.6) is 0 Å². The average Bonchev–Trinajstić information content (AvgIpc) is 2.65. The summed E-state index contributed by atoms with van der Waals surface area (Å²) in [4.78, 5) is 32.4. The Labute approximate surface area is 159 Å². The first-order valence-electron chi connectivity index (χ1n) is 8.11. The highest BCUT2D eigenvalue weighted by atomic mass is 32.2. The maximum absolute atomic E-state index is 13.3. The number of nitrogens with two attached hydrogens (primary N) is 1. The van der Waals surface area contributed by atoms with Crippen molar-refractivity contribution in [3.05, 3.63) is 82.4 Å². The van der Waals surface area contributed by atoms with E-state index in [4.69, 9.17) is 5.73 Å². The molecule has 0 saturated carbocycles. The Morgan fingerprint density at radius 1 is 1.15 bits per heavy atom. The van der Waals surface area contributed by atoms with Crippen LogP contribution in [0.4, 0.5) is 15.9 Å². The molecule has 6 nitrogen and oxygen atoms in total. The number of halogens is 1. The number of carbonyl (C=O) groups is 1. The summed E-state index contributed by atoms with van der Waals surface area (Å²) in [7, 11) is 0. The Morgan fingerprint density at radius 2 is 1.85 bits per heavy atom. The Hall–Kier alpha value is -3.13. The van der Waals surface area contributed by atoms with Gasteiger partial charge in [0.2, 0.25) is 5.91 Å². The third-order valence-corrected chi connectivity index (χ3v) is 4.55. The van der Waals surface area contributed by atoms with Crippen molar-refractivity contribution in [1.82, 2.24) is 9.97 Å². The molecule has 2 aromatic carbocycles. The number of anilines is 2. The minimum Gasteiger partial charge on any atom is -0.383 e. The first-order chi connectivity index (χ1) is 13.0. The molecule has 1 aromatic heterocycles. The third kappa shape index (κ3) is 5.18. The highest BCUT2D eigenvalue weighted by Gasteiger charge is 2.17. The second-order valence-electron chi connectivity index (χ2n) is 5.71. The van der Waals surface area contributed by atoms with Crippen LogP contribution in [-0.4, -0.2) is 21.6 Å². The van der Waals surface area contributed by atoms with E-state index in [1.165, 1.54) is 18.2 Å². The average molecular weight is 384 g/mol. The van der Waals surface area contributed by atoms with E-state index in [1.807, 2.05) is 30.3 Å². The lowest BCUT2D eigenvalue weighted by Crippen LogP contribution is -2.32. The molecule has 1 amide bonds. The number of rotatable bonds is 6. The van der Waals surface area contributed by atoms with Gasteiger partial charge in [0.25, 0.3) is 5.56 Å². The number of nitrogens with one attached hydrogen (secondary N) is 1. The van der Waals surface area contributed by atoms with Gasteiger partial charge in [-0.15, -0.1) is 0 Å². The summed E-state index contributed by atoms with van der Waals surface area (Å²) in [5, 5.41) is 0.270. The molecular weight excluding hydrogens is 367 g/mol. The first-order valence-corrected chi connectivity index (χ1v) is 9.09. The number of amides is 1. The van der Waals surface area contributed by atoms with E-state index in [-0.39, 0.29) is 34.0 Å². The molecule has 27 heavy (non-hydrogen) atoms. The molecule has 0 atom stereocenters. The zero-order valence-electron chi connectivity index (χ0n) is 14.3. The lowest BCUT2D eigenvalue weighted by Gasteiger charge is -2.23. The van der Waals surface area contributed by atoms with Gasteiger partial charge in [-0.3, -0.25) is 9.59 Å². The van der Waals surface area contributed by atoms with E-state index in [1.54, 1.807) is 17.0 Å². The number of nitrogens with zero attached hydrogens (tertiary/aromatic N) is 2. The van der Waals surface area contributed by atoms with Gasteiger partial charge < -0.3 is 15.6 Å². The predicted octanol–water partition coefficient (Wildman–Crippen LogP) is 2.82. The summed E-state index contributed by atoms with van der Waals surface area (Å²) in [6.45, 7) is 0.340. The molecule has 0 radical (unpaired) electrons. The molecule has 3 rings (SSSR count). The molecular formula is C19H17FN4O2S. The van der Waals surface area contributed by atoms with Crippen LogP contribution in [0.2, 0.25) is 0 Å². The van der Waals surface area contributed by atoms with Gasteiger partial charge in [0.15, 0.2) is 5.16 Å². The minimum atomic E-state index is -0.378. The monoisotopic (exact) mass is 384 g/mol.